The maximum absolute atomic E-state index is 9.52. The van der Waals surface area contributed by atoms with Crippen LogP contribution in [0.5, 0.6) is 5.75 Å². The highest BCUT2D eigenvalue weighted by Crippen LogP contribution is 2.23. The molecule has 0 radical (unpaired) electrons. The van der Waals surface area contributed by atoms with Gasteiger partial charge in [0, 0.05) is 5.38 Å². The molecule has 3 aromatic rings. The third kappa shape index (κ3) is 3.51. The Bertz CT molecular complexity index is 794. The largest absolute Gasteiger partial charge is 0.508 e. The second-order valence-electron chi connectivity index (χ2n) is 4.84. The van der Waals surface area contributed by atoms with Crippen molar-refractivity contribution in [3.8, 4) is 16.9 Å². The lowest BCUT2D eigenvalue weighted by Gasteiger charge is -2.02. The fourth-order valence-corrected chi connectivity index (χ4v) is 2.65. The normalized spacial score (nSPS) is 11.0. The predicted octanol–water partition coefficient (Wildman–Crippen LogP) is 4.27. The van der Waals surface area contributed by atoms with Crippen LogP contribution in [0.3, 0.4) is 0 Å². The number of phenols is 1. The lowest BCUT2D eigenvalue weighted by molar-refractivity contribution is 0.475. The Morgan fingerprint density at radius 3 is 2.64 bits per heavy atom. The lowest BCUT2D eigenvalue weighted by Crippen LogP contribution is -1.90. The molecule has 0 atom stereocenters. The van der Waals surface area contributed by atoms with Gasteiger partial charge < -0.3 is 5.11 Å². The van der Waals surface area contributed by atoms with Gasteiger partial charge >= 0.3 is 0 Å². The summed E-state index contributed by atoms with van der Waals surface area (Å²) in [7, 11) is 0. The zero-order valence-corrected chi connectivity index (χ0v) is 12.8. The topological polar surface area (TPSA) is 57.5 Å². The van der Waals surface area contributed by atoms with E-state index in [0.717, 1.165) is 27.5 Å². The maximum atomic E-state index is 9.52. The smallest absolute Gasteiger partial charge is 0.203 e. The number of aryl methyl sites for hydroxylation is 1. The van der Waals surface area contributed by atoms with Crippen LogP contribution >= 0.6 is 11.3 Å². The highest BCUT2D eigenvalue weighted by Gasteiger charge is 1.99. The summed E-state index contributed by atoms with van der Waals surface area (Å²) < 4.78 is 0. The van der Waals surface area contributed by atoms with Crippen molar-refractivity contribution in [2.24, 2.45) is 5.10 Å². The number of nitrogens with one attached hydrogen (secondary N) is 1. The molecule has 0 bridgehead atoms. The van der Waals surface area contributed by atoms with E-state index in [1.807, 2.05) is 48.7 Å². The van der Waals surface area contributed by atoms with Gasteiger partial charge in [0.1, 0.15) is 5.75 Å². The van der Waals surface area contributed by atoms with E-state index in [1.54, 1.807) is 18.3 Å². The van der Waals surface area contributed by atoms with Crippen LogP contribution in [0, 0.1) is 6.92 Å². The Labute approximate surface area is 132 Å². The quantitative estimate of drug-likeness (QED) is 0.559. The van der Waals surface area contributed by atoms with E-state index in [0.29, 0.717) is 0 Å². The van der Waals surface area contributed by atoms with Crippen molar-refractivity contribution in [2.75, 3.05) is 5.43 Å². The molecule has 0 saturated carbocycles. The Hall–Kier alpha value is -2.66. The molecule has 110 valence electrons. The highest BCUT2D eigenvalue weighted by molar-refractivity contribution is 7.13. The monoisotopic (exact) mass is 309 g/mol. The first-order chi connectivity index (χ1) is 10.7. The van der Waals surface area contributed by atoms with Crippen LogP contribution < -0.4 is 5.43 Å². The Morgan fingerprint density at radius 1 is 1.14 bits per heavy atom. The third-order valence-electron chi connectivity index (χ3n) is 3.08. The van der Waals surface area contributed by atoms with Gasteiger partial charge in [0.2, 0.25) is 5.13 Å². The van der Waals surface area contributed by atoms with Crippen LogP contribution in [-0.2, 0) is 0 Å². The molecule has 2 aromatic carbocycles. The molecule has 0 aliphatic rings. The summed E-state index contributed by atoms with van der Waals surface area (Å²) in [4.78, 5) is 4.27. The minimum atomic E-state index is 0.270. The Kier molecular flexibility index (Phi) is 4.16. The fraction of sp³-hybridized carbons (Fsp3) is 0.0588. The number of phenolic OH excluding ortho intramolecular Hbond substituents is 1. The number of aromatic hydroxyl groups is 1. The zero-order valence-electron chi connectivity index (χ0n) is 12.0. The average Bonchev–Trinajstić information content (AvgIpc) is 2.93. The summed E-state index contributed by atoms with van der Waals surface area (Å²) in [6.45, 7) is 1.95. The summed E-state index contributed by atoms with van der Waals surface area (Å²) in [5.74, 6) is 0.270. The number of anilines is 1. The van der Waals surface area contributed by atoms with Gasteiger partial charge in [-0.05, 0) is 35.7 Å². The SMILES string of the molecule is Cc1csc(NN=Cc2ccc(-c3cccc(O)c3)cc2)n1. The summed E-state index contributed by atoms with van der Waals surface area (Å²) in [5.41, 5.74) is 6.92. The summed E-state index contributed by atoms with van der Waals surface area (Å²) in [6, 6.07) is 15.2. The molecule has 3 rings (SSSR count). The first-order valence-electron chi connectivity index (χ1n) is 6.81. The van der Waals surface area contributed by atoms with E-state index in [9.17, 15) is 5.11 Å². The minimum absolute atomic E-state index is 0.270. The first-order valence-corrected chi connectivity index (χ1v) is 7.69. The molecule has 0 amide bonds. The molecule has 0 spiro atoms. The lowest BCUT2D eigenvalue weighted by atomic mass is 10.0. The van der Waals surface area contributed by atoms with Crippen molar-refractivity contribution in [3.05, 3.63) is 65.2 Å². The average molecular weight is 309 g/mol. The zero-order chi connectivity index (χ0) is 15.4. The van der Waals surface area contributed by atoms with Crippen LogP contribution in [0.2, 0.25) is 0 Å². The molecule has 1 heterocycles. The van der Waals surface area contributed by atoms with Gasteiger partial charge in [0.15, 0.2) is 0 Å². The van der Waals surface area contributed by atoms with Gasteiger partial charge in [-0.2, -0.15) is 5.10 Å². The third-order valence-corrected chi connectivity index (χ3v) is 3.95. The molecule has 0 saturated heterocycles. The van der Waals surface area contributed by atoms with E-state index >= 15 is 0 Å². The van der Waals surface area contributed by atoms with E-state index < -0.39 is 0 Å². The highest BCUT2D eigenvalue weighted by atomic mass is 32.1. The molecule has 0 aliphatic heterocycles. The molecule has 4 nitrogen and oxygen atoms in total. The number of hydrogen-bond acceptors (Lipinski definition) is 5. The van der Waals surface area contributed by atoms with Gasteiger partial charge in [-0.1, -0.05) is 36.4 Å². The van der Waals surface area contributed by atoms with Crippen molar-refractivity contribution < 1.29 is 5.11 Å². The van der Waals surface area contributed by atoms with E-state index in [4.69, 9.17) is 0 Å². The van der Waals surface area contributed by atoms with Crippen molar-refractivity contribution in [1.29, 1.82) is 0 Å². The number of thiazole rings is 1. The van der Waals surface area contributed by atoms with Crippen LogP contribution in [0.1, 0.15) is 11.3 Å². The van der Waals surface area contributed by atoms with Crippen LogP contribution in [0.4, 0.5) is 5.13 Å². The Balaban J connectivity index is 1.69. The fourth-order valence-electron chi connectivity index (χ4n) is 2.01. The number of hydrazone groups is 1. The van der Waals surface area contributed by atoms with Gasteiger partial charge in [0.25, 0.3) is 0 Å². The van der Waals surface area contributed by atoms with Crippen molar-refractivity contribution in [3.63, 3.8) is 0 Å². The summed E-state index contributed by atoms with van der Waals surface area (Å²) in [6.07, 6.45) is 1.75. The molecule has 1 aromatic heterocycles. The van der Waals surface area contributed by atoms with Gasteiger partial charge in [-0.25, -0.2) is 4.98 Å². The van der Waals surface area contributed by atoms with Crippen molar-refractivity contribution in [2.45, 2.75) is 6.92 Å². The number of hydrogen-bond donors (Lipinski definition) is 2. The van der Waals surface area contributed by atoms with Crippen molar-refractivity contribution >= 4 is 22.7 Å². The molecule has 5 heteroatoms. The second kappa shape index (κ2) is 6.41. The molecular formula is C17H15N3OS. The van der Waals surface area contributed by atoms with Gasteiger partial charge in [0.05, 0.1) is 11.9 Å². The van der Waals surface area contributed by atoms with Gasteiger partial charge in [-0.3, -0.25) is 5.43 Å². The molecule has 0 unspecified atom stereocenters. The van der Waals surface area contributed by atoms with Crippen LogP contribution in [-0.4, -0.2) is 16.3 Å². The van der Waals surface area contributed by atoms with E-state index in [2.05, 4.69) is 15.5 Å². The van der Waals surface area contributed by atoms with Gasteiger partial charge in [-0.15, -0.1) is 11.3 Å². The molecule has 22 heavy (non-hydrogen) atoms. The molecule has 0 aliphatic carbocycles. The first kappa shape index (κ1) is 14.3. The van der Waals surface area contributed by atoms with E-state index in [1.165, 1.54) is 11.3 Å². The summed E-state index contributed by atoms with van der Waals surface area (Å²) in [5, 5.41) is 16.5. The number of benzene rings is 2. The number of rotatable bonds is 4. The molecule has 2 N–H and O–H groups in total. The second-order valence-corrected chi connectivity index (χ2v) is 5.69. The standard InChI is InChI=1S/C17H15N3OS/c1-12-11-22-17(19-12)20-18-10-13-5-7-14(8-6-13)15-3-2-4-16(21)9-15/h2-11,21H,1H3,(H,19,20). The number of aromatic nitrogens is 1. The maximum Gasteiger partial charge on any atom is 0.203 e. The van der Waals surface area contributed by atoms with E-state index in [-0.39, 0.29) is 5.75 Å². The predicted molar refractivity (Wildman–Crippen MR) is 91.6 cm³/mol. The minimum Gasteiger partial charge on any atom is -0.508 e. The summed E-state index contributed by atoms with van der Waals surface area (Å²) >= 11 is 1.53. The van der Waals surface area contributed by atoms with Crippen molar-refractivity contribution in [1.82, 2.24) is 4.98 Å². The van der Waals surface area contributed by atoms with Crippen LogP contribution in [0.15, 0.2) is 59.0 Å². The Morgan fingerprint density at radius 2 is 1.95 bits per heavy atom. The molecular weight excluding hydrogens is 294 g/mol. The number of nitrogens with zero attached hydrogens (tertiary/aromatic N) is 2. The van der Waals surface area contributed by atoms with Crippen LogP contribution in [0.25, 0.3) is 11.1 Å². The molecule has 0 fully saturated rings.